The molecular weight excluding hydrogens is 394 g/mol. The largest absolute Gasteiger partial charge is 0.460 e. The minimum atomic E-state index is -1.13. The van der Waals surface area contributed by atoms with Crippen molar-refractivity contribution in [3.63, 3.8) is 0 Å². The van der Waals surface area contributed by atoms with Gasteiger partial charge in [-0.15, -0.1) is 15.3 Å². The summed E-state index contributed by atoms with van der Waals surface area (Å²) in [5.41, 5.74) is 1.54. The van der Waals surface area contributed by atoms with Gasteiger partial charge in [0.25, 0.3) is 5.91 Å². The molecule has 0 radical (unpaired) electrons. The van der Waals surface area contributed by atoms with Gasteiger partial charge in [0.05, 0.1) is 0 Å². The van der Waals surface area contributed by atoms with E-state index in [1.165, 1.54) is 12.1 Å². The minimum Gasteiger partial charge on any atom is -0.460 e. The van der Waals surface area contributed by atoms with Crippen molar-refractivity contribution >= 4 is 22.5 Å². The first-order valence-corrected chi connectivity index (χ1v) is 9.27. The number of hydrogen-bond donors (Lipinski definition) is 2. The summed E-state index contributed by atoms with van der Waals surface area (Å²) in [4.78, 5) is 12.5. The van der Waals surface area contributed by atoms with Gasteiger partial charge in [-0.05, 0) is 24.1 Å². The van der Waals surface area contributed by atoms with Crippen LogP contribution in [0.4, 0.5) is 14.5 Å². The second-order valence-electron chi connectivity index (χ2n) is 6.32. The highest BCUT2D eigenvalue weighted by Gasteiger charge is 2.20. The number of alkyl halides is 1. The van der Waals surface area contributed by atoms with Crippen LogP contribution in [0.1, 0.15) is 30.3 Å². The van der Waals surface area contributed by atoms with Crippen LogP contribution in [-0.4, -0.2) is 29.5 Å². The van der Waals surface area contributed by atoms with E-state index in [0.29, 0.717) is 28.6 Å². The molecule has 156 valence electrons. The maximum absolute atomic E-state index is 14.2. The van der Waals surface area contributed by atoms with E-state index in [0.717, 1.165) is 12.8 Å². The maximum Gasteiger partial charge on any atom is 0.274 e. The molecule has 2 aromatic carbocycles. The average molecular weight is 414 g/mol. The van der Waals surface area contributed by atoms with Gasteiger partial charge in [-0.2, -0.15) is 0 Å². The molecule has 1 heterocycles. The second-order valence-corrected chi connectivity index (χ2v) is 6.32. The number of nitrogens with two attached hydrogens (primary N) is 1. The molecule has 0 bridgehead atoms. The molecule has 0 fully saturated rings. The molecule has 1 amide bonds. The molecule has 3 N–H and O–H groups in total. The second kappa shape index (κ2) is 9.68. The number of ether oxygens (including phenoxy) is 1. The molecule has 0 aliphatic rings. The lowest BCUT2D eigenvalue weighted by atomic mass is 10.0. The Bertz CT molecular complexity index is 1090. The molecule has 0 spiro atoms. The van der Waals surface area contributed by atoms with E-state index in [1.54, 1.807) is 24.3 Å². The SMILES string of the molecule is CCCCNC(=O)c1nnc2c(-c3ccc(OCF)c(F)c3)cccc2c1N=NN. The number of fused-ring (bicyclic) bond motifs is 1. The highest BCUT2D eigenvalue weighted by Crippen LogP contribution is 2.35. The molecule has 3 rings (SSSR count). The molecule has 1 aromatic heterocycles. The third kappa shape index (κ3) is 4.32. The molecule has 3 aromatic rings. The lowest BCUT2D eigenvalue weighted by molar-refractivity contribution is 0.0948. The number of nitrogens with one attached hydrogen (secondary N) is 1. The van der Waals surface area contributed by atoms with Crippen LogP contribution >= 0.6 is 0 Å². The van der Waals surface area contributed by atoms with Gasteiger partial charge in [-0.3, -0.25) is 4.79 Å². The third-order valence-electron chi connectivity index (χ3n) is 4.41. The lowest BCUT2D eigenvalue weighted by Crippen LogP contribution is -2.25. The first-order valence-electron chi connectivity index (χ1n) is 9.27. The van der Waals surface area contributed by atoms with E-state index in [1.807, 2.05) is 6.92 Å². The van der Waals surface area contributed by atoms with Crippen LogP contribution in [0.3, 0.4) is 0 Å². The van der Waals surface area contributed by atoms with Crippen molar-refractivity contribution in [2.75, 3.05) is 13.4 Å². The van der Waals surface area contributed by atoms with E-state index in [2.05, 4.69) is 30.6 Å². The van der Waals surface area contributed by atoms with Crippen LogP contribution in [0, 0.1) is 5.82 Å². The van der Waals surface area contributed by atoms with Crippen molar-refractivity contribution in [3.05, 3.63) is 47.9 Å². The Balaban J connectivity index is 2.10. The van der Waals surface area contributed by atoms with Crippen LogP contribution < -0.4 is 15.9 Å². The van der Waals surface area contributed by atoms with Gasteiger partial charge in [0, 0.05) is 17.5 Å². The van der Waals surface area contributed by atoms with Crippen molar-refractivity contribution in [2.45, 2.75) is 19.8 Å². The van der Waals surface area contributed by atoms with Crippen LogP contribution in [-0.2, 0) is 0 Å². The van der Waals surface area contributed by atoms with Gasteiger partial charge in [0.2, 0.25) is 6.86 Å². The number of halogens is 2. The van der Waals surface area contributed by atoms with Crippen LogP contribution in [0.5, 0.6) is 5.75 Å². The van der Waals surface area contributed by atoms with E-state index in [4.69, 9.17) is 5.84 Å². The lowest BCUT2D eigenvalue weighted by Gasteiger charge is -2.11. The molecule has 0 atom stereocenters. The van der Waals surface area contributed by atoms with Crippen molar-refractivity contribution in [1.29, 1.82) is 0 Å². The molecule has 0 aliphatic carbocycles. The normalized spacial score (nSPS) is 11.2. The molecule has 8 nitrogen and oxygen atoms in total. The summed E-state index contributed by atoms with van der Waals surface area (Å²) in [6.07, 6.45) is 1.74. The highest BCUT2D eigenvalue weighted by molar-refractivity contribution is 6.07. The molecular formula is C20H20F2N6O2. The Morgan fingerprint density at radius 2 is 2.10 bits per heavy atom. The summed E-state index contributed by atoms with van der Waals surface area (Å²) in [6.45, 7) is 1.37. The number of benzene rings is 2. The molecule has 0 aliphatic heterocycles. The first-order chi connectivity index (χ1) is 14.6. The topological polar surface area (TPSA) is 115 Å². The Hall–Kier alpha value is -3.69. The zero-order chi connectivity index (χ0) is 21.5. The summed E-state index contributed by atoms with van der Waals surface area (Å²) in [6, 6.07) is 9.21. The smallest absolute Gasteiger partial charge is 0.274 e. The van der Waals surface area contributed by atoms with E-state index < -0.39 is 18.6 Å². The van der Waals surface area contributed by atoms with Gasteiger partial charge < -0.3 is 15.9 Å². The van der Waals surface area contributed by atoms with E-state index >= 15 is 0 Å². The molecule has 0 saturated carbocycles. The third-order valence-corrected chi connectivity index (χ3v) is 4.41. The van der Waals surface area contributed by atoms with Crippen molar-refractivity contribution in [3.8, 4) is 16.9 Å². The quantitative estimate of drug-likeness (QED) is 0.248. The number of aromatic nitrogens is 2. The van der Waals surface area contributed by atoms with Crippen molar-refractivity contribution in [1.82, 2.24) is 15.5 Å². The van der Waals surface area contributed by atoms with Crippen molar-refractivity contribution in [2.24, 2.45) is 16.2 Å². The number of unbranched alkanes of at least 4 members (excludes halogenated alkanes) is 1. The van der Waals surface area contributed by atoms with Crippen LogP contribution in [0.2, 0.25) is 0 Å². The fourth-order valence-electron chi connectivity index (χ4n) is 2.97. The monoisotopic (exact) mass is 414 g/mol. The van der Waals surface area contributed by atoms with E-state index in [9.17, 15) is 13.6 Å². The van der Waals surface area contributed by atoms with Crippen LogP contribution in [0.15, 0.2) is 46.7 Å². The number of carbonyl (C=O) groups excluding carboxylic acids is 1. The number of amides is 1. The summed E-state index contributed by atoms with van der Waals surface area (Å²) in [5.74, 6) is 3.88. The minimum absolute atomic E-state index is 0.0113. The van der Waals surface area contributed by atoms with E-state index in [-0.39, 0.29) is 17.1 Å². The first kappa shape index (κ1) is 21.0. The van der Waals surface area contributed by atoms with Gasteiger partial charge in [0.15, 0.2) is 17.3 Å². The Morgan fingerprint density at radius 1 is 1.27 bits per heavy atom. The average Bonchev–Trinajstić information content (AvgIpc) is 2.75. The number of carbonyl (C=O) groups is 1. The Morgan fingerprint density at radius 3 is 2.80 bits per heavy atom. The molecule has 0 unspecified atom stereocenters. The standard InChI is InChI=1S/C20H20F2N6O2/c1-2-3-9-24-20(29)19-18(27-28-23)14-6-4-5-13(17(14)25-26-19)12-7-8-16(30-11-21)15(22)10-12/h4-8,10H,2-3,9,11H2,1H3,(H,24,29)(H2,23,25,27). The summed E-state index contributed by atoms with van der Waals surface area (Å²) in [7, 11) is 0. The number of rotatable bonds is 8. The van der Waals surface area contributed by atoms with Gasteiger partial charge >= 0.3 is 0 Å². The molecule has 10 heteroatoms. The summed E-state index contributed by atoms with van der Waals surface area (Å²) >= 11 is 0. The summed E-state index contributed by atoms with van der Waals surface area (Å²) < 4.78 is 31.1. The zero-order valence-corrected chi connectivity index (χ0v) is 16.2. The highest BCUT2D eigenvalue weighted by atomic mass is 19.1. The number of hydrogen-bond acceptors (Lipinski definition) is 6. The Kier molecular flexibility index (Phi) is 6.79. The fraction of sp³-hybridized carbons (Fsp3) is 0.250. The van der Waals surface area contributed by atoms with Gasteiger partial charge in [0.1, 0.15) is 11.2 Å². The zero-order valence-electron chi connectivity index (χ0n) is 16.2. The van der Waals surface area contributed by atoms with Crippen molar-refractivity contribution < 1.29 is 18.3 Å². The summed E-state index contributed by atoms with van der Waals surface area (Å²) in [5, 5.41) is 18.6. The van der Waals surface area contributed by atoms with Gasteiger partial charge in [-0.25, -0.2) is 8.78 Å². The molecule has 0 saturated heterocycles. The number of nitrogens with zero attached hydrogens (tertiary/aromatic N) is 4. The predicted octanol–water partition coefficient (Wildman–Crippen LogP) is 4.23. The molecule has 30 heavy (non-hydrogen) atoms. The predicted molar refractivity (Wildman–Crippen MR) is 107 cm³/mol. The van der Waals surface area contributed by atoms with Gasteiger partial charge in [-0.1, -0.05) is 42.8 Å². The van der Waals surface area contributed by atoms with Crippen LogP contribution in [0.25, 0.3) is 22.0 Å². The Labute approximate surface area is 171 Å². The maximum atomic E-state index is 14.2. The fourth-order valence-corrected chi connectivity index (χ4v) is 2.97.